The average Bonchev–Trinajstić information content (AvgIpc) is 3.07. The molecular formula is C21H19ClFN3O2. The molecule has 0 N–H and O–H groups in total. The molecule has 7 heteroatoms. The Morgan fingerprint density at radius 3 is 2.64 bits per heavy atom. The van der Waals surface area contributed by atoms with Gasteiger partial charge in [0.1, 0.15) is 5.82 Å². The third-order valence-corrected chi connectivity index (χ3v) is 5.05. The predicted octanol–water partition coefficient (Wildman–Crippen LogP) is 4.49. The third kappa shape index (κ3) is 4.02. The molecule has 0 atom stereocenters. The summed E-state index contributed by atoms with van der Waals surface area (Å²) in [5.74, 6) is 0.100. The van der Waals surface area contributed by atoms with Gasteiger partial charge in [-0.1, -0.05) is 28.9 Å². The molecule has 0 radical (unpaired) electrons. The number of anilines is 1. The fourth-order valence-corrected chi connectivity index (χ4v) is 3.54. The van der Waals surface area contributed by atoms with Crippen LogP contribution in [0.1, 0.15) is 16.9 Å². The maximum absolute atomic E-state index is 13.1. The minimum absolute atomic E-state index is 0.155. The summed E-state index contributed by atoms with van der Waals surface area (Å²) in [5, 5.41) is 4.54. The van der Waals surface area contributed by atoms with Crippen molar-refractivity contribution >= 4 is 23.2 Å². The van der Waals surface area contributed by atoms with Crippen molar-refractivity contribution in [3.63, 3.8) is 0 Å². The zero-order valence-electron chi connectivity index (χ0n) is 15.1. The van der Waals surface area contributed by atoms with Gasteiger partial charge in [0.2, 0.25) is 0 Å². The summed E-state index contributed by atoms with van der Waals surface area (Å²) in [6.07, 6.45) is 0.822. The fourth-order valence-electron chi connectivity index (χ4n) is 3.35. The first-order valence-electron chi connectivity index (χ1n) is 9.12. The molecule has 1 aliphatic rings. The molecule has 144 valence electrons. The number of carbonyl (C=O) groups is 1. The van der Waals surface area contributed by atoms with Gasteiger partial charge in [0.25, 0.3) is 5.91 Å². The molecule has 0 saturated carbocycles. The smallest absolute Gasteiger partial charge is 0.276 e. The minimum Gasteiger partial charge on any atom is -0.370 e. The molecular weight excluding hydrogens is 381 g/mol. The SMILES string of the molecule is O=C(c1cc(-c2cccc(Cl)c2)on1)N1CCCN(c2ccc(F)cc2)CC1. The molecule has 3 aromatic rings. The van der Waals surface area contributed by atoms with E-state index in [0.29, 0.717) is 30.4 Å². The molecule has 0 unspecified atom stereocenters. The lowest BCUT2D eigenvalue weighted by Crippen LogP contribution is -2.35. The van der Waals surface area contributed by atoms with Gasteiger partial charge in [0.05, 0.1) is 0 Å². The van der Waals surface area contributed by atoms with Crippen LogP contribution in [0.2, 0.25) is 5.02 Å². The molecule has 2 heterocycles. The van der Waals surface area contributed by atoms with Crippen molar-refractivity contribution in [1.82, 2.24) is 10.1 Å². The molecule has 1 saturated heterocycles. The summed E-state index contributed by atoms with van der Waals surface area (Å²) in [7, 11) is 0. The topological polar surface area (TPSA) is 49.6 Å². The quantitative estimate of drug-likeness (QED) is 0.651. The van der Waals surface area contributed by atoms with E-state index in [-0.39, 0.29) is 17.4 Å². The third-order valence-electron chi connectivity index (χ3n) is 4.81. The Morgan fingerprint density at radius 1 is 1.04 bits per heavy atom. The van der Waals surface area contributed by atoms with Gasteiger partial charge in [-0.25, -0.2) is 4.39 Å². The number of benzene rings is 2. The molecule has 1 amide bonds. The van der Waals surface area contributed by atoms with Gasteiger partial charge >= 0.3 is 0 Å². The number of hydrogen-bond donors (Lipinski definition) is 0. The van der Waals surface area contributed by atoms with Crippen LogP contribution in [0.5, 0.6) is 0 Å². The highest BCUT2D eigenvalue weighted by molar-refractivity contribution is 6.30. The van der Waals surface area contributed by atoms with E-state index in [1.54, 1.807) is 35.2 Å². The van der Waals surface area contributed by atoms with E-state index in [9.17, 15) is 9.18 Å². The Balaban J connectivity index is 1.45. The predicted molar refractivity (Wildman–Crippen MR) is 106 cm³/mol. The second kappa shape index (κ2) is 8.02. The zero-order valence-corrected chi connectivity index (χ0v) is 15.9. The van der Waals surface area contributed by atoms with E-state index in [4.69, 9.17) is 16.1 Å². The molecule has 5 nitrogen and oxygen atoms in total. The number of rotatable bonds is 3. The van der Waals surface area contributed by atoms with Crippen LogP contribution in [0.4, 0.5) is 10.1 Å². The first kappa shape index (κ1) is 18.5. The summed E-state index contributed by atoms with van der Waals surface area (Å²) >= 11 is 6.01. The summed E-state index contributed by atoms with van der Waals surface area (Å²) in [5.41, 5.74) is 2.02. The van der Waals surface area contributed by atoms with Gasteiger partial charge < -0.3 is 14.3 Å². The highest BCUT2D eigenvalue weighted by Crippen LogP contribution is 2.24. The maximum atomic E-state index is 13.1. The van der Waals surface area contributed by atoms with Crippen molar-refractivity contribution in [2.75, 3.05) is 31.1 Å². The van der Waals surface area contributed by atoms with Crippen LogP contribution in [-0.4, -0.2) is 42.1 Å². The van der Waals surface area contributed by atoms with Crippen molar-refractivity contribution in [2.45, 2.75) is 6.42 Å². The number of carbonyl (C=O) groups excluding carboxylic acids is 1. The number of amides is 1. The van der Waals surface area contributed by atoms with Crippen LogP contribution in [0, 0.1) is 5.82 Å². The van der Waals surface area contributed by atoms with Crippen molar-refractivity contribution in [1.29, 1.82) is 0 Å². The van der Waals surface area contributed by atoms with Crippen LogP contribution in [0.15, 0.2) is 59.1 Å². The van der Waals surface area contributed by atoms with Gasteiger partial charge in [-0.05, 0) is 42.8 Å². The minimum atomic E-state index is -0.253. The van der Waals surface area contributed by atoms with Gasteiger partial charge in [0, 0.05) is 48.5 Å². The van der Waals surface area contributed by atoms with E-state index < -0.39 is 0 Å². The maximum Gasteiger partial charge on any atom is 0.276 e. The van der Waals surface area contributed by atoms with Crippen LogP contribution < -0.4 is 4.90 Å². The summed E-state index contributed by atoms with van der Waals surface area (Å²) in [6, 6.07) is 15.3. The van der Waals surface area contributed by atoms with Crippen LogP contribution in [0.3, 0.4) is 0 Å². The Morgan fingerprint density at radius 2 is 1.86 bits per heavy atom. The van der Waals surface area contributed by atoms with E-state index in [1.807, 2.05) is 12.1 Å². The molecule has 1 fully saturated rings. The van der Waals surface area contributed by atoms with Crippen LogP contribution in [-0.2, 0) is 0 Å². The first-order valence-corrected chi connectivity index (χ1v) is 9.50. The molecule has 1 aromatic heterocycles. The molecule has 0 bridgehead atoms. The van der Waals surface area contributed by atoms with Gasteiger partial charge in [0.15, 0.2) is 11.5 Å². The average molecular weight is 400 g/mol. The largest absolute Gasteiger partial charge is 0.370 e. The lowest BCUT2D eigenvalue weighted by Gasteiger charge is -2.23. The van der Waals surface area contributed by atoms with Gasteiger partial charge in [-0.15, -0.1) is 0 Å². The summed E-state index contributed by atoms with van der Waals surface area (Å²) in [4.78, 5) is 16.8. The Hall–Kier alpha value is -2.86. The number of hydrogen-bond acceptors (Lipinski definition) is 4. The Bertz CT molecular complexity index is 974. The molecule has 2 aromatic carbocycles. The number of nitrogens with zero attached hydrogens (tertiary/aromatic N) is 3. The van der Waals surface area contributed by atoms with Crippen molar-refractivity contribution in [3.8, 4) is 11.3 Å². The highest BCUT2D eigenvalue weighted by atomic mass is 35.5. The second-order valence-corrected chi connectivity index (χ2v) is 7.13. The second-order valence-electron chi connectivity index (χ2n) is 6.70. The van der Waals surface area contributed by atoms with E-state index >= 15 is 0 Å². The lowest BCUT2D eigenvalue weighted by molar-refractivity contribution is 0.0756. The summed E-state index contributed by atoms with van der Waals surface area (Å²) < 4.78 is 18.5. The van der Waals surface area contributed by atoms with Crippen LogP contribution in [0.25, 0.3) is 11.3 Å². The molecule has 4 rings (SSSR count). The number of aromatic nitrogens is 1. The number of halogens is 2. The van der Waals surface area contributed by atoms with E-state index in [0.717, 1.165) is 24.2 Å². The molecule has 1 aliphatic heterocycles. The lowest BCUT2D eigenvalue weighted by atomic mass is 10.1. The monoisotopic (exact) mass is 399 g/mol. The summed E-state index contributed by atoms with van der Waals surface area (Å²) in [6.45, 7) is 2.68. The standard InChI is InChI=1S/C21H19ClFN3O2/c22-16-4-1-3-15(13-16)20-14-19(24-28-20)21(27)26-10-2-9-25(11-12-26)18-7-5-17(23)6-8-18/h1,3-8,13-14H,2,9-12H2. The normalized spacial score (nSPS) is 14.8. The van der Waals surface area contributed by atoms with Crippen LogP contribution >= 0.6 is 11.6 Å². The Kier molecular flexibility index (Phi) is 5.30. The van der Waals surface area contributed by atoms with E-state index in [2.05, 4.69) is 10.1 Å². The van der Waals surface area contributed by atoms with Crippen molar-refractivity contribution in [3.05, 3.63) is 71.1 Å². The zero-order chi connectivity index (χ0) is 19.5. The van der Waals surface area contributed by atoms with Crippen molar-refractivity contribution in [2.24, 2.45) is 0 Å². The Labute approximate surface area is 167 Å². The highest BCUT2D eigenvalue weighted by Gasteiger charge is 2.23. The van der Waals surface area contributed by atoms with Crippen molar-refractivity contribution < 1.29 is 13.7 Å². The first-order chi connectivity index (χ1) is 13.6. The molecule has 0 aliphatic carbocycles. The van der Waals surface area contributed by atoms with E-state index in [1.165, 1.54) is 12.1 Å². The van der Waals surface area contributed by atoms with Gasteiger partial charge in [-0.3, -0.25) is 4.79 Å². The van der Waals surface area contributed by atoms with Gasteiger partial charge in [-0.2, -0.15) is 0 Å². The fraction of sp³-hybridized carbons (Fsp3) is 0.238. The molecule has 0 spiro atoms. The molecule has 28 heavy (non-hydrogen) atoms.